The molecule has 124 valence electrons. The van der Waals surface area contributed by atoms with Gasteiger partial charge in [0.15, 0.2) is 5.96 Å². The molecule has 0 amide bonds. The molecule has 1 aliphatic carbocycles. The molecular weight excluding hydrogens is 381 g/mol. The summed E-state index contributed by atoms with van der Waals surface area (Å²) in [6.07, 6.45) is 8.72. The lowest BCUT2D eigenvalue weighted by molar-refractivity contribution is 0.0733. The van der Waals surface area contributed by atoms with Crippen molar-refractivity contribution in [2.75, 3.05) is 47.1 Å². The van der Waals surface area contributed by atoms with Gasteiger partial charge in [-0.2, -0.15) is 0 Å². The minimum Gasteiger partial charge on any atom is -0.382 e. The Morgan fingerprint density at radius 1 is 1.19 bits per heavy atom. The van der Waals surface area contributed by atoms with Crippen molar-refractivity contribution in [1.29, 1.82) is 0 Å². The summed E-state index contributed by atoms with van der Waals surface area (Å²) in [4.78, 5) is 4.20. The van der Waals surface area contributed by atoms with Crippen LogP contribution in [-0.4, -0.2) is 53.0 Å². The Balaban J connectivity index is 0.00000400. The van der Waals surface area contributed by atoms with Crippen LogP contribution in [-0.2, 0) is 9.47 Å². The molecule has 0 saturated heterocycles. The summed E-state index contributed by atoms with van der Waals surface area (Å²) in [6, 6.07) is 0. The number of guanidine groups is 1. The van der Waals surface area contributed by atoms with E-state index in [1.165, 1.54) is 25.7 Å². The maximum Gasteiger partial charge on any atom is 0.191 e. The van der Waals surface area contributed by atoms with Gasteiger partial charge in [0.05, 0.1) is 19.8 Å². The summed E-state index contributed by atoms with van der Waals surface area (Å²) in [7, 11) is 3.47. The first-order valence-electron chi connectivity index (χ1n) is 7.56. The van der Waals surface area contributed by atoms with Gasteiger partial charge in [0.25, 0.3) is 0 Å². The van der Waals surface area contributed by atoms with Crippen LogP contribution in [0.5, 0.6) is 0 Å². The van der Waals surface area contributed by atoms with Crippen molar-refractivity contribution in [3.8, 4) is 0 Å². The van der Waals surface area contributed by atoms with E-state index < -0.39 is 0 Å². The third kappa shape index (κ3) is 11.0. The average molecular weight is 411 g/mol. The number of nitrogens with one attached hydrogen (secondary N) is 2. The molecule has 0 aromatic rings. The van der Waals surface area contributed by atoms with Crippen LogP contribution >= 0.6 is 24.0 Å². The van der Waals surface area contributed by atoms with Gasteiger partial charge in [0.2, 0.25) is 0 Å². The van der Waals surface area contributed by atoms with Gasteiger partial charge >= 0.3 is 0 Å². The fraction of sp³-hybridized carbons (Fsp3) is 0.800. The molecule has 0 heterocycles. The van der Waals surface area contributed by atoms with E-state index in [-0.39, 0.29) is 24.0 Å². The topological polar surface area (TPSA) is 54.9 Å². The molecule has 1 rings (SSSR count). The monoisotopic (exact) mass is 411 g/mol. The van der Waals surface area contributed by atoms with Gasteiger partial charge in [-0.3, -0.25) is 4.99 Å². The summed E-state index contributed by atoms with van der Waals surface area (Å²) < 4.78 is 10.3. The molecule has 0 bridgehead atoms. The van der Waals surface area contributed by atoms with Crippen LogP contribution < -0.4 is 10.6 Å². The van der Waals surface area contributed by atoms with Crippen LogP contribution in [0.4, 0.5) is 0 Å². The van der Waals surface area contributed by atoms with Crippen molar-refractivity contribution in [2.45, 2.75) is 32.1 Å². The largest absolute Gasteiger partial charge is 0.382 e. The molecule has 0 aromatic carbocycles. The Kier molecular flexibility index (Phi) is 14.4. The minimum absolute atomic E-state index is 0. The van der Waals surface area contributed by atoms with Crippen LogP contribution in [0.3, 0.4) is 0 Å². The normalized spacial score (nSPS) is 15.1. The number of hydrogen-bond donors (Lipinski definition) is 2. The number of rotatable bonds is 9. The molecule has 0 spiro atoms. The highest BCUT2D eigenvalue weighted by atomic mass is 127. The molecule has 2 N–H and O–H groups in total. The Morgan fingerprint density at radius 2 is 2.00 bits per heavy atom. The van der Waals surface area contributed by atoms with Crippen LogP contribution in [0.25, 0.3) is 0 Å². The molecular formula is C15H30IN3O2. The van der Waals surface area contributed by atoms with Crippen molar-refractivity contribution >= 4 is 29.9 Å². The Labute approximate surface area is 146 Å². The zero-order valence-corrected chi connectivity index (χ0v) is 15.7. The fourth-order valence-electron chi connectivity index (χ4n) is 2.18. The molecule has 0 aliphatic heterocycles. The molecule has 0 aromatic heterocycles. The molecule has 6 heteroatoms. The smallest absolute Gasteiger partial charge is 0.191 e. The predicted molar refractivity (Wildman–Crippen MR) is 98.6 cm³/mol. The predicted octanol–water partition coefficient (Wildman–Crippen LogP) is 2.32. The third-order valence-electron chi connectivity index (χ3n) is 3.32. The second-order valence-electron chi connectivity index (χ2n) is 4.89. The lowest BCUT2D eigenvalue weighted by Gasteiger charge is -2.15. The molecule has 0 atom stereocenters. The second-order valence-corrected chi connectivity index (χ2v) is 4.89. The van der Waals surface area contributed by atoms with Gasteiger partial charge in [0.1, 0.15) is 0 Å². The minimum atomic E-state index is 0. The van der Waals surface area contributed by atoms with Crippen molar-refractivity contribution in [1.82, 2.24) is 10.6 Å². The molecule has 1 aliphatic rings. The number of hydrogen-bond acceptors (Lipinski definition) is 3. The summed E-state index contributed by atoms with van der Waals surface area (Å²) in [5.41, 5.74) is 1.59. The number of nitrogens with zero attached hydrogens (tertiary/aromatic N) is 1. The van der Waals surface area contributed by atoms with Crippen molar-refractivity contribution in [3.05, 3.63) is 11.6 Å². The maximum atomic E-state index is 5.39. The SMILES string of the molecule is CN=C(NCCOCCOC)NCCC1=CCCCC1.I. The highest BCUT2D eigenvalue weighted by Crippen LogP contribution is 2.19. The molecule has 21 heavy (non-hydrogen) atoms. The van der Waals surface area contributed by atoms with E-state index in [0.717, 1.165) is 25.5 Å². The first kappa shape index (κ1) is 20.7. The second kappa shape index (κ2) is 14.6. The van der Waals surface area contributed by atoms with Gasteiger partial charge in [0, 0.05) is 27.2 Å². The number of allylic oxidation sites excluding steroid dienone is 1. The van der Waals surface area contributed by atoms with E-state index >= 15 is 0 Å². The van der Waals surface area contributed by atoms with E-state index in [2.05, 4.69) is 21.7 Å². The standard InChI is InChI=1S/C15H29N3O2.HI/c1-16-15(18-10-11-20-13-12-19-2)17-9-8-14-6-4-3-5-7-14;/h6H,3-5,7-13H2,1-2H3,(H2,16,17,18);1H. The van der Waals surface area contributed by atoms with Crippen LogP contribution in [0.1, 0.15) is 32.1 Å². The Hall–Kier alpha value is -0.340. The van der Waals surface area contributed by atoms with Gasteiger partial charge < -0.3 is 20.1 Å². The number of methoxy groups -OCH3 is 1. The Morgan fingerprint density at radius 3 is 2.67 bits per heavy atom. The zero-order chi connectivity index (χ0) is 14.5. The lowest BCUT2D eigenvalue weighted by atomic mass is 9.97. The highest BCUT2D eigenvalue weighted by molar-refractivity contribution is 14.0. The number of ether oxygens (including phenoxy) is 2. The van der Waals surface area contributed by atoms with Crippen molar-refractivity contribution in [3.63, 3.8) is 0 Å². The summed E-state index contributed by atoms with van der Waals surface area (Å²) in [6.45, 7) is 3.64. The van der Waals surface area contributed by atoms with Crippen LogP contribution in [0, 0.1) is 0 Å². The van der Waals surface area contributed by atoms with E-state index in [4.69, 9.17) is 9.47 Å². The van der Waals surface area contributed by atoms with E-state index in [1.807, 2.05) is 0 Å². The molecule has 0 saturated carbocycles. The summed E-state index contributed by atoms with van der Waals surface area (Å²) in [5.74, 6) is 0.844. The first-order valence-corrected chi connectivity index (χ1v) is 7.56. The quantitative estimate of drug-likeness (QED) is 0.201. The molecule has 0 unspecified atom stereocenters. The lowest BCUT2D eigenvalue weighted by Crippen LogP contribution is -2.39. The third-order valence-corrected chi connectivity index (χ3v) is 3.32. The molecule has 5 nitrogen and oxygen atoms in total. The summed E-state index contributed by atoms with van der Waals surface area (Å²) >= 11 is 0. The van der Waals surface area contributed by atoms with E-state index in [0.29, 0.717) is 19.8 Å². The maximum absolute atomic E-state index is 5.39. The average Bonchev–Trinajstić information content (AvgIpc) is 2.50. The van der Waals surface area contributed by atoms with Gasteiger partial charge in [-0.25, -0.2) is 0 Å². The summed E-state index contributed by atoms with van der Waals surface area (Å²) in [5, 5.41) is 6.57. The van der Waals surface area contributed by atoms with E-state index in [9.17, 15) is 0 Å². The van der Waals surface area contributed by atoms with Crippen LogP contribution in [0.15, 0.2) is 16.6 Å². The zero-order valence-electron chi connectivity index (χ0n) is 13.3. The van der Waals surface area contributed by atoms with Gasteiger partial charge in [-0.05, 0) is 32.1 Å². The fourth-order valence-corrected chi connectivity index (χ4v) is 2.18. The van der Waals surface area contributed by atoms with E-state index in [1.54, 1.807) is 19.7 Å². The van der Waals surface area contributed by atoms with Gasteiger partial charge in [-0.15, -0.1) is 24.0 Å². The van der Waals surface area contributed by atoms with Crippen molar-refractivity contribution < 1.29 is 9.47 Å². The first-order chi connectivity index (χ1) is 9.86. The number of aliphatic imine (C=N–C) groups is 1. The molecule has 0 fully saturated rings. The van der Waals surface area contributed by atoms with Gasteiger partial charge in [-0.1, -0.05) is 11.6 Å². The highest BCUT2D eigenvalue weighted by Gasteiger charge is 2.03. The molecule has 0 radical (unpaired) electrons. The Bertz CT molecular complexity index is 309. The van der Waals surface area contributed by atoms with Crippen LogP contribution in [0.2, 0.25) is 0 Å². The van der Waals surface area contributed by atoms with Crippen molar-refractivity contribution in [2.24, 2.45) is 4.99 Å². The number of halogens is 1.